The number of hydrogen-bond acceptors (Lipinski definition) is 3. The van der Waals surface area contributed by atoms with Crippen LogP contribution in [0.3, 0.4) is 0 Å². The van der Waals surface area contributed by atoms with Gasteiger partial charge in [-0.15, -0.1) is 11.3 Å². The predicted octanol–water partition coefficient (Wildman–Crippen LogP) is 1.26. The van der Waals surface area contributed by atoms with Crippen molar-refractivity contribution < 1.29 is 4.79 Å². The first kappa shape index (κ1) is 11.2. The largest absolute Gasteiger partial charge is 0.350 e. The second-order valence-electron chi connectivity index (χ2n) is 2.98. The van der Waals surface area contributed by atoms with E-state index in [0.29, 0.717) is 6.54 Å². The second-order valence-corrected chi connectivity index (χ2v) is 4.15. The molecule has 0 atom stereocenters. The number of nitrogens with one attached hydrogen (secondary N) is 2. The smallest absolute Gasteiger partial charge is 0.261 e. The minimum absolute atomic E-state index is 0.0324. The Kier molecular flexibility index (Phi) is 4.62. The maximum atomic E-state index is 11.5. The lowest BCUT2D eigenvalue weighted by Gasteiger charge is -2.01. The van der Waals surface area contributed by atoms with Crippen molar-refractivity contribution in [1.29, 1.82) is 0 Å². The van der Waals surface area contributed by atoms with Crippen LogP contribution in [0.5, 0.6) is 0 Å². The van der Waals surface area contributed by atoms with E-state index in [-0.39, 0.29) is 5.91 Å². The summed E-state index contributed by atoms with van der Waals surface area (Å²) in [6.45, 7) is 3.57. The Morgan fingerprint density at radius 2 is 2.21 bits per heavy atom. The molecule has 2 N–H and O–H groups in total. The zero-order valence-corrected chi connectivity index (χ0v) is 9.41. The molecule has 0 aliphatic carbocycles. The fourth-order valence-corrected chi connectivity index (χ4v) is 1.94. The molecular formula is C10H16N2OS. The molecule has 0 aromatic carbocycles. The highest BCUT2D eigenvalue weighted by atomic mass is 32.1. The van der Waals surface area contributed by atoms with Gasteiger partial charge in [-0.3, -0.25) is 4.79 Å². The van der Waals surface area contributed by atoms with Crippen molar-refractivity contribution in [1.82, 2.24) is 10.6 Å². The van der Waals surface area contributed by atoms with Crippen molar-refractivity contribution in [3.05, 3.63) is 21.9 Å². The van der Waals surface area contributed by atoms with Crippen LogP contribution in [0.25, 0.3) is 0 Å². The van der Waals surface area contributed by atoms with Gasteiger partial charge in [0.1, 0.15) is 0 Å². The molecule has 1 amide bonds. The van der Waals surface area contributed by atoms with Crippen molar-refractivity contribution >= 4 is 17.2 Å². The molecule has 1 aromatic heterocycles. The summed E-state index contributed by atoms with van der Waals surface area (Å²) in [5.41, 5.74) is 0. The van der Waals surface area contributed by atoms with Crippen LogP contribution in [0, 0.1) is 0 Å². The molecule has 78 valence electrons. The number of rotatable bonds is 5. The highest BCUT2D eigenvalue weighted by Crippen LogP contribution is 2.16. The van der Waals surface area contributed by atoms with Crippen molar-refractivity contribution in [2.75, 3.05) is 20.1 Å². The molecule has 4 heteroatoms. The van der Waals surface area contributed by atoms with Crippen LogP contribution in [0.15, 0.2) is 12.1 Å². The van der Waals surface area contributed by atoms with Gasteiger partial charge in [0.2, 0.25) is 0 Å². The number of hydrogen-bond donors (Lipinski definition) is 2. The van der Waals surface area contributed by atoms with Crippen LogP contribution in [0.2, 0.25) is 0 Å². The Hall–Kier alpha value is -0.870. The molecule has 0 fully saturated rings. The SMILES string of the molecule is CCc1ccc(C(=O)NCCNC)s1. The van der Waals surface area contributed by atoms with E-state index >= 15 is 0 Å². The minimum Gasteiger partial charge on any atom is -0.350 e. The van der Waals surface area contributed by atoms with Gasteiger partial charge in [0.25, 0.3) is 5.91 Å². The van der Waals surface area contributed by atoms with E-state index in [1.165, 1.54) is 4.88 Å². The minimum atomic E-state index is 0.0324. The van der Waals surface area contributed by atoms with E-state index in [1.54, 1.807) is 11.3 Å². The zero-order chi connectivity index (χ0) is 10.4. The monoisotopic (exact) mass is 212 g/mol. The molecule has 0 saturated heterocycles. The third-order valence-electron chi connectivity index (χ3n) is 1.89. The molecule has 0 bridgehead atoms. The van der Waals surface area contributed by atoms with Crippen LogP contribution in [-0.2, 0) is 6.42 Å². The van der Waals surface area contributed by atoms with Crippen molar-refractivity contribution in [3.63, 3.8) is 0 Å². The van der Waals surface area contributed by atoms with Crippen LogP contribution in [-0.4, -0.2) is 26.0 Å². The fraction of sp³-hybridized carbons (Fsp3) is 0.500. The number of amides is 1. The first-order chi connectivity index (χ1) is 6.77. The lowest BCUT2D eigenvalue weighted by atomic mass is 10.3. The molecule has 0 radical (unpaired) electrons. The maximum Gasteiger partial charge on any atom is 0.261 e. The zero-order valence-electron chi connectivity index (χ0n) is 8.59. The second kappa shape index (κ2) is 5.78. The van der Waals surface area contributed by atoms with Gasteiger partial charge in [-0.2, -0.15) is 0 Å². The highest BCUT2D eigenvalue weighted by molar-refractivity contribution is 7.14. The summed E-state index contributed by atoms with van der Waals surface area (Å²) in [6, 6.07) is 3.90. The van der Waals surface area contributed by atoms with Crippen LogP contribution in [0.4, 0.5) is 0 Å². The van der Waals surface area contributed by atoms with Gasteiger partial charge in [0.15, 0.2) is 0 Å². The van der Waals surface area contributed by atoms with E-state index in [1.807, 2.05) is 19.2 Å². The lowest BCUT2D eigenvalue weighted by molar-refractivity contribution is 0.0958. The Labute approximate surface area is 88.5 Å². The standard InChI is InChI=1S/C10H16N2OS/c1-3-8-4-5-9(14-8)10(13)12-7-6-11-2/h4-5,11H,3,6-7H2,1-2H3,(H,12,13). The summed E-state index contributed by atoms with van der Waals surface area (Å²) in [6.07, 6.45) is 0.995. The van der Waals surface area contributed by atoms with E-state index in [9.17, 15) is 4.79 Å². The molecule has 1 rings (SSSR count). The molecular weight excluding hydrogens is 196 g/mol. The number of carbonyl (C=O) groups excluding carboxylic acids is 1. The highest BCUT2D eigenvalue weighted by Gasteiger charge is 2.06. The van der Waals surface area contributed by atoms with Gasteiger partial charge in [0, 0.05) is 18.0 Å². The quantitative estimate of drug-likeness (QED) is 0.721. The van der Waals surface area contributed by atoms with Gasteiger partial charge < -0.3 is 10.6 Å². The number of carbonyl (C=O) groups is 1. The summed E-state index contributed by atoms with van der Waals surface area (Å²) in [5.74, 6) is 0.0324. The molecule has 1 heterocycles. The average Bonchev–Trinajstić information content (AvgIpc) is 2.66. The van der Waals surface area contributed by atoms with Crippen molar-refractivity contribution in [3.8, 4) is 0 Å². The van der Waals surface area contributed by atoms with E-state index in [4.69, 9.17) is 0 Å². The summed E-state index contributed by atoms with van der Waals surface area (Å²) >= 11 is 1.57. The van der Waals surface area contributed by atoms with E-state index in [2.05, 4.69) is 17.6 Å². The molecule has 0 aliphatic rings. The van der Waals surface area contributed by atoms with Crippen molar-refractivity contribution in [2.24, 2.45) is 0 Å². The fourth-order valence-electron chi connectivity index (χ4n) is 1.08. The Bertz CT molecular complexity index is 296. The van der Waals surface area contributed by atoms with Crippen molar-refractivity contribution in [2.45, 2.75) is 13.3 Å². The first-order valence-electron chi connectivity index (χ1n) is 4.79. The molecule has 0 spiro atoms. The Morgan fingerprint density at radius 1 is 1.43 bits per heavy atom. The number of likely N-dealkylation sites (N-methyl/N-ethyl adjacent to an activating group) is 1. The summed E-state index contributed by atoms with van der Waals surface area (Å²) in [5, 5.41) is 5.83. The molecule has 0 unspecified atom stereocenters. The normalized spacial score (nSPS) is 10.1. The Morgan fingerprint density at radius 3 is 2.79 bits per heavy atom. The first-order valence-corrected chi connectivity index (χ1v) is 5.61. The molecule has 0 saturated carbocycles. The van der Waals surface area contributed by atoms with Crippen LogP contribution < -0.4 is 10.6 Å². The lowest BCUT2D eigenvalue weighted by Crippen LogP contribution is -2.29. The van der Waals surface area contributed by atoms with Crippen LogP contribution >= 0.6 is 11.3 Å². The maximum absolute atomic E-state index is 11.5. The van der Waals surface area contributed by atoms with Gasteiger partial charge >= 0.3 is 0 Å². The number of aryl methyl sites for hydroxylation is 1. The third-order valence-corrected chi connectivity index (χ3v) is 3.12. The van der Waals surface area contributed by atoms with Gasteiger partial charge in [0.05, 0.1) is 4.88 Å². The van der Waals surface area contributed by atoms with Crippen LogP contribution in [0.1, 0.15) is 21.5 Å². The summed E-state index contributed by atoms with van der Waals surface area (Å²) in [7, 11) is 1.87. The topological polar surface area (TPSA) is 41.1 Å². The molecule has 0 aliphatic heterocycles. The average molecular weight is 212 g/mol. The van der Waals surface area contributed by atoms with Gasteiger partial charge in [-0.05, 0) is 25.6 Å². The molecule has 1 aromatic rings. The molecule has 14 heavy (non-hydrogen) atoms. The molecule has 3 nitrogen and oxygen atoms in total. The van der Waals surface area contributed by atoms with Gasteiger partial charge in [-0.1, -0.05) is 6.92 Å². The third kappa shape index (κ3) is 3.12. The van der Waals surface area contributed by atoms with Gasteiger partial charge in [-0.25, -0.2) is 0 Å². The summed E-state index contributed by atoms with van der Waals surface area (Å²) in [4.78, 5) is 13.6. The Balaban J connectivity index is 2.44. The summed E-state index contributed by atoms with van der Waals surface area (Å²) < 4.78 is 0. The predicted molar refractivity (Wildman–Crippen MR) is 60.0 cm³/mol. The van der Waals surface area contributed by atoms with E-state index in [0.717, 1.165) is 17.8 Å². The number of thiophene rings is 1. The van der Waals surface area contributed by atoms with E-state index < -0.39 is 0 Å².